The van der Waals surface area contributed by atoms with Gasteiger partial charge in [0.25, 0.3) is 0 Å². The van der Waals surface area contributed by atoms with E-state index in [-0.39, 0.29) is 11.8 Å². The van der Waals surface area contributed by atoms with Crippen molar-refractivity contribution in [3.05, 3.63) is 30.1 Å². The van der Waals surface area contributed by atoms with E-state index in [2.05, 4.69) is 20.9 Å². The summed E-state index contributed by atoms with van der Waals surface area (Å²) in [4.78, 5) is 4.19. The second-order valence-electron chi connectivity index (χ2n) is 5.13. The Hall–Kier alpha value is -0.460. The van der Waals surface area contributed by atoms with Crippen LogP contribution in [-0.2, 0) is 16.4 Å². The zero-order chi connectivity index (χ0) is 14.4. The molecule has 0 amide bonds. The molecular formula is C14H21BrN2O2S. The maximum Gasteiger partial charge on any atom is 0.214 e. The third-order valence-corrected chi connectivity index (χ3v) is 6.17. The standard InChI is InChI=1S/C14H21BrN2O2S/c15-9-4-11-17(14-6-3-7-14)20(18,19)12-8-13-5-1-2-10-16-13/h1-2,5,10,14H,3-4,6-9,11-12H2. The number of aryl methyl sites for hydroxylation is 1. The molecule has 0 spiro atoms. The summed E-state index contributed by atoms with van der Waals surface area (Å²) in [6.07, 6.45) is 6.21. The molecule has 0 bridgehead atoms. The summed E-state index contributed by atoms with van der Waals surface area (Å²) in [6.45, 7) is 0.625. The van der Waals surface area contributed by atoms with Gasteiger partial charge in [0.2, 0.25) is 10.0 Å². The second-order valence-corrected chi connectivity index (χ2v) is 7.96. The average Bonchev–Trinajstić information content (AvgIpc) is 2.40. The van der Waals surface area contributed by atoms with E-state index in [0.29, 0.717) is 13.0 Å². The van der Waals surface area contributed by atoms with Crippen LogP contribution in [0.4, 0.5) is 0 Å². The predicted octanol–water partition coefficient (Wildman–Crippen LogP) is 2.59. The van der Waals surface area contributed by atoms with Crippen molar-refractivity contribution in [3.8, 4) is 0 Å². The summed E-state index contributed by atoms with van der Waals surface area (Å²) < 4.78 is 26.8. The third kappa shape index (κ3) is 4.27. The van der Waals surface area contributed by atoms with Crippen molar-refractivity contribution in [2.75, 3.05) is 17.6 Å². The van der Waals surface area contributed by atoms with Gasteiger partial charge in [0, 0.05) is 36.2 Å². The van der Waals surface area contributed by atoms with Crippen molar-refractivity contribution in [1.82, 2.24) is 9.29 Å². The molecule has 0 radical (unpaired) electrons. The van der Waals surface area contributed by atoms with Crippen LogP contribution in [0.15, 0.2) is 24.4 Å². The van der Waals surface area contributed by atoms with Crippen LogP contribution in [0.5, 0.6) is 0 Å². The molecule has 6 heteroatoms. The highest BCUT2D eigenvalue weighted by Gasteiger charge is 2.32. The highest BCUT2D eigenvalue weighted by molar-refractivity contribution is 9.09. The van der Waals surface area contributed by atoms with Crippen LogP contribution in [0.3, 0.4) is 0 Å². The molecule has 112 valence electrons. The van der Waals surface area contributed by atoms with Gasteiger partial charge in [-0.15, -0.1) is 0 Å². The summed E-state index contributed by atoms with van der Waals surface area (Å²) in [6, 6.07) is 5.84. The highest BCUT2D eigenvalue weighted by atomic mass is 79.9. The Kier molecular flexibility index (Phi) is 5.99. The average molecular weight is 361 g/mol. The largest absolute Gasteiger partial charge is 0.261 e. The van der Waals surface area contributed by atoms with Gasteiger partial charge in [-0.05, 0) is 31.4 Å². The predicted molar refractivity (Wildman–Crippen MR) is 84.5 cm³/mol. The first-order valence-corrected chi connectivity index (χ1v) is 9.82. The lowest BCUT2D eigenvalue weighted by Crippen LogP contribution is -2.46. The number of halogens is 1. The van der Waals surface area contributed by atoms with E-state index in [1.54, 1.807) is 10.5 Å². The maximum atomic E-state index is 12.5. The van der Waals surface area contributed by atoms with Crippen LogP contribution >= 0.6 is 15.9 Å². The Morgan fingerprint density at radius 3 is 2.70 bits per heavy atom. The molecular weight excluding hydrogens is 340 g/mol. The minimum absolute atomic E-state index is 0.156. The van der Waals surface area contributed by atoms with Gasteiger partial charge < -0.3 is 0 Å². The smallest absolute Gasteiger partial charge is 0.214 e. The fourth-order valence-corrected chi connectivity index (χ4v) is 4.36. The Morgan fingerprint density at radius 2 is 2.15 bits per heavy atom. The molecule has 0 aromatic carbocycles. The first-order chi connectivity index (χ1) is 9.63. The van der Waals surface area contributed by atoms with Gasteiger partial charge in [0.05, 0.1) is 5.75 Å². The van der Waals surface area contributed by atoms with E-state index in [1.807, 2.05) is 18.2 Å². The highest BCUT2D eigenvalue weighted by Crippen LogP contribution is 2.27. The summed E-state index contributed by atoms with van der Waals surface area (Å²) in [7, 11) is -3.18. The summed E-state index contributed by atoms with van der Waals surface area (Å²) in [5, 5.41) is 0.839. The Balaban J connectivity index is 1.98. The van der Waals surface area contributed by atoms with Crippen LogP contribution < -0.4 is 0 Å². The fraction of sp³-hybridized carbons (Fsp3) is 0.643. The summed E-state index contributed by atoms with van der Waals surface area (Å²) in [5.41, 5.74) is 0.838. The molecule has 1 fully saturated rings. The minimum atomic E-state index is -3.18. The van der Waals surface area contributed by atoms with Crippen LogP contribution in [0, 0.1) is 0 Å². The molecule has 0 aliphatic heterocycles. The topological polar surface area (TPSA) is 50.3 Å². The number of pyridine rings is 1. The minimum Gasteiger partial charge on any atom is -0.261 e. The molecule has 2 rings (SSSR count). The fourth-order valence-electron chi connectivity index (χ4n) is 2.34. The van der Waals surface area contributed by atoms with E-state index in [9.17, 15) is 8.42 Å². The SMILES string of the molecule is O=S(=O)(CCc1ccccn1)N(CCCBr)C1CCC1. The molecule has 1 saturated carbocycles. The Bertz CT molecular complexity index is 503. The molecule has 1 aromatic rings. The number of hydrogen-bond donors (Lipinski definition) is 0. The maximum absolute atomic E-state index is 12.5. The van der Waals surface area contributed by atoms with Crippen molar-refractivity contribution in [1.29, 1.82) is 0 Å². The molecule has 1 aliphatic carbocycles. The van der Waals surface area contributed by atoms with Crippen LogP contribution in [0.25, 0.3) is 0 Å². The molecule has 1 heterocycles. The Labute approximate surface area is 129 Å². The lowest BCUT2D eigenvalue weighted by atomic mass is 9.93. The van der Waals surface area contributed by atoms with Crippen molar-refractivity contribution in [2.24, 2.45) is 0 Å². The second kappa shape index (κ2) is 7.52. The molecule has 20 heavy (non-hydrogen) atoms. The third-order valence-electron chi connectivity index (χ3n) is 3.69. The number of alkyl halides is 1. The lowest BCUT2D eigenvalue weighted by molar-refractivity contribution is 0.220. The van der Waals surface area contributed by atoms with Gasteiger partial charge in [-0.25, -0.2) is 8.42 Å². The molecule has 1 aliphatic rings. The van der Waals surface area contributed by atoms with Gasteiger partial charge in [0.1, 0.15) is 0 Å². The molecule has 4 nitrogen and oxygen atoms in total. The number of nitrogens with zero attached hydrogens (tertiary/aromatic N) is 2. The molecule has 0 atom stereocenters. The molecule has 0 saturated heterocycles. The number of aromatic nitrogens is 1. The van der Waals surface area contributed by atoms with E-state index in [1.165, 1.54) is 0 Å². The van der Waals surface area contributed by atoms with E-state index in [4.69, 9.17) is 0 Å². The lowest BCUT2D eigenvalue weighted by Gasteiger charge is -2.36. The molecule has 1 aromatic heterocycles. The van der Waals surface area contributed by atoms with Gasteiger partial charge in [-0.3, -0.25) is 4.98 Å². The normalized spacial score (nSPS) is 16.3. The Morgan fingerprint density at radius 1 is 1.35 bits per heavy atom. The first-order valence-electron chi connectivity index (χ1n) is 7.09. The van der Waals surface area contributed by atoms with Gasteiger partial charge in [-0.1, -0.05) is 28.4 Å². The number of sulfonamides is 1. The molecule has 0 N–H and O–H groups in total. The zero-order valence-corrected chi connectivity index (χ0v) is 13.9. The van der Waals surface area contributed by atoms with Crippen molar-refractivity contribution < 1.29 is 8.42 Å². The van der Waals surface area contributed by atoms with E-state index in [0.717, 1.165) is 36.7 Å². The van der Waals surface area contributed by atoms with E-state index >= 15 is 0 Å². The van der Waals surface area contributed by atoms with Gasteiger partial charge in [-0.2, -0.15) is 4.31 Å². The summed E-state index contributed by atoms with van der Waals surface area (Å²) in [5.74, 6) is 0.156. The van der Waals surface area contributed by atoms with Crippen molar-refractivity contribution in [3.63, 3.8) is 0 Å². The number of hydrogen-bond acceptors (Lipinski definition) is 3. The first kappa shape index (κ1) is 15.9. The van der Waals surface area contributed by atoms with Gasteiger partial charge >= 0.3 is 0 Å². The van der Waals surface area contributed by atoms with Crippen LogP contribution in [0.1, 0.15) is 31.4 Å². The zero-order valence-electron chi connectivity index (χ0n) is 11.5. The summed E-state index contributed by atoms with van der Waals surface area (Å²) >= 11 is 3.38. The number of rotatable bonds is 8. The monoisotopic (exact) mass is 360 g/mol. The van der Waals surface area contributed by atoms with Gasteiger partial charge in [0.15, 0.2) is 0 Å². The van der Waals surface area contributed by atoms with E-state index < -0.39 is 10.0 Å². The quantitative estimate of drug-likeness (QED) is 0.669. The van der Waals surface area contributed by atoms with Crippen LogP contribution in [0.2, 0.25) is 0 Å². The van der Waals surface area contributed by atoms with Crippen molar-refractivity contribution >= 4 is 26.0 Å². The van der Waals surface area contributed by atoms with Crippen LogP contribution in [-0.4, -0.2) is 41.4 Å². The van der Waals surface area contributed by atoms with Crippen molar-refractivity contribution in [2.45, 2.75) is 38.1 Å². The molecule has 0 unspecified atom stereocenters.